The standard InChI is InChI=1S/C25H34N2O7S/c1-4-7-14-27(15-8-5-2)21-16-19(25(29)33-18-32-23(28)6-3)17-22(35(26,30)31)24(21)34-20-12-10-9-11-13-20/h9-13,16-17H,4-8,14-15,18H2,1-3H3,(H2,26,30,31). The summed E-state index contributed by atoms with van der Waals surface area (Å²) in [5.74, 6) is -0.913. The van der Waals surface area contributed by atoms with Crippen LogP contribution in [0.15, 0.2) is 47.4 Å². The molecule has 35 heavy (non-hydrogen) atoms. The van der Waals surface area contributed by atoms with Crippen molar-refractivity contribution in [2.75, 3.05) is 24.8 Å². The quantitative estimate of drug-likeness (QED) is 0.291. The molecule has 0 fully saturated rings. The van der Waals surface area contributed by atoms with Crippen LogP contribution in [0.2, 0.25) is 0 Å². The lowest BCUT2D eigenvalue weighted by molar-refractivity contribution is -0.151. The van der Waals surface area contributed by atoms with Crippen molar-refractivity contribution >= 4 is 27.6 Å². The Morgan fingerprint density at radius 3 is 2.11 bits per heavy atom. The van der Waals surface area contributed by atoms with Crippen LogP contribution < -0.4 is 14.8 Å². The van der Waals surface area contributed by atoms with E-state index >= 15 is 0 Å². The van der Waals surface area contributed by atoms with Gasteiger partial charge in [-0.3, -0.25) is 4.79 Å². The number of nitrogens with two attached hydrogens (primary N) is 1. The zero-order valence-corrected chi connectivity index (χ0v) is 21.3. The van der Waals surface area contributed by atoms with Crippen LogP contribution in [0.5, 0.6) is 11.5 Å². The minimum atomic E-state index is -4.29. The highest BCUT2D eigenvalue weighted by Gasteiger charge is 2.27. The molecule has 0 radical (unpaired) electrons. The third-order valence-electron chi connectivity index (χ3n) is 5.14. The Morgan fingerprint density at radius 1 is 0.943 bits per heavy atom. The number of anilines is 1. The molecule has 10 heteroatoms. The summed E-state index contributed by atoms with van der Waals surface area (Å²) in [6.07, 6.45) is 3.67. The van der Waals surface area contributed by atoms with Gasteiger partial charge in [-0.1, -0.05) is 51.8 Å². The number of ether oxygens (including phenoxy) is 3. The number of carbonyl (C=O) groups excluding carboxylic acids is 2. The Labute approximate surface area is 207 Å². The molecule has 0 atom stereocenters. The molecule has 2 aromatic rings. The molecule has 0 bridgehead atoms. The highest BCUT2D eigenvalue weighted by Crippen LogP contribution is 2.39. The summed E-state index contributed by atoms with van der Waals surface area (Å²) in [7, 11) is -4.29. The van der Waals surface area contributed by atoms with Crippen LogP contribution in [0, 0.1) is 0 Å². The van der Waals surface area contributed by atoms with E-state index in [1.165, 1.54) is 6.07 Å². The molecule has 0 aliphatic carbocycles. The minimum absolute atomic E-state index is 0.0415. The fraction of sp³-hybridized carbons (Fsp3) is 0.440. The fourth-order valence-corrected chi connectivity index (χ4v) is 3.94. The van der Waals surface area contributed by atoms with E-state index in [4.69, 9.17) is 19.3 Å². The number of hydrogen-bond donors (Lipinski definition) is 1. The number of esters is 2. The number of hydrogen-bond acceptors (Lipinski definition) is 8. The highest BCUT2D eigenvalue weighted by molar-refractivity contribution is 7.89. The molecule has 0 saturated heterocycles. The van der Waals surface area contributed by atoms with Crippen molar-refractivity contribution in [1.82, 2.24) is 0 Å². The molecule has 0 unspecified atom stereocenters. The summed E-state index contributed by atoms with van der Waals surface area (Å²) >= 11 is 0. The summed E-state index contributed by atoms with van der Waals surface area (Å²) < 4.78 is 41.1. The number of unbranched alkanes of at least 4 members (excludes halogenated alkanes) is 2. The zero-order valence-electron chi connectivity index (χ0n) is 20.5. The Bertz CT molecular complexity index is 1080. The van der Waals surface area contributed by atoms with Gasteiger partial charge in [0.1, 0.15) is 10.6 Å². The van der Waals surface area contributed by atoms with Crippen molar-refractivity contribution in [1.29, 1.82) is 0 Å². The normalized spacial score (nSPS) is 11.1. The maximum absolute atomic E-state index is 12.8. The van der Waals surface area contributed by atoms with Gasteiger partial charge >= 0.3 is 11.9 Å². The number of nitrogens with zero attached hydrogens (tertiary/aromatic N) is 1. The number of sulfonamides is 1. The number of carbonyl (C=O) groups is 2. The van der Waals surface area contributed by atoms with Gasteiger partial charge in [-0.25, -0.2) is 18.4 Å². The van der Waals surface area contributed by atoms with Gasteiger partial charge in [-0.2, -0.15) is 0 Å². The second kappa shape index (κ2) is 13.7. The Morgan fingerprint density at radius 2 is 1.57 bits per heavy atom. The Balaban J connectivity index is 2.62. The van der Waals surface area contributed by atoms with E-state index in [1.807, 2.05) is 11.0 Å². The second-order valence-electron chi connectivity index (χ2n) is 7.90. The van der Waals surface area contributed by atoms with E-state index in [9.17, 15) is 18.0 Å². The molecular formula is C25H34N2O7S. The van der Waals surface area contributed by atoms with Crippen molar-refractivity contribution < 1.29 is 32.2 Å². The smallest absolute Gasteiger partial charge is 0.341 e. The van der Waals surface area contributed by atoms with E-state index in [-0.39, 0.29) is 22.6 Å². The van der Waals surface area contributed by atoms with Gasteiger partial charge in [0.2, 0.25) is 16.8 Å². The molecule has 2 rings (SSSR count). The lowest BCUT2D eigenvalue weighted by atomic mass is 10.1. The molecule has 0 saturated carbocycles. The van der Waals surface area contributed by atoms with Crippen LogP contribution in [0.25, 0.3) is 0 Å². The van der Waals surface area contributed by atoms with Gasteiger partial charge in [0.15, 0.2) is 5.75 Å². The van der Waals surface area contributed by atoms with Gasteiger partial charge in [-0.15, -0.1) is 0 Å². The molecule has 0 aliphatic rings. The van der Waals surface area contributed by atoms with Crippen LogP contribution in [-0.2, 0) is 24.3 Å². The summed E-state index contributed by atoms with van der Waals surface area (Å²) in [6, 6.07) is 11.4. The SMILES string of the molecule is CCCCN(CCCC)c1cc(C(=O)OCOC(=O)CC)cc(S(N)(=O)=O)c1Oc1ccccc1. The Hall–Kier alpha value is -3.11. The van der Waals surface area contributed by atoms with Crippen molar-refractivity contribution in [3.8, 4) is 11.5 Å². The average molecular weight is 507 g/mol. The first-order valence-electron chi connectivity index (χ1n) is 11.7. The van der Waals surface area contributed by atoms with Crippen molar-refractivity contribution in [2.45, 2.75) is 57.8 Å². The lowest BCUT2D eigenvalue weighted by Gasteiger charge is -2.28. The molecule has 9 nitrogen and oxygen atoms in total. The number of primary sulfonamides is 1. The van der Waals surface area contributed by atoms with Gasteiger partial charge < -0.3 is 19.1 Å². The molecule has 2 aromatic carbocycles. The average Bonchev–Trinajstić information content (AvgIpc) is 2.84. The van der Waals surface area contributed by atoms with Crippen LogP contribution in [0.3, 0.4) is 0 Å². The van der Waals surface area contributed by atoms with Crippen LogP contribution >= 0.6 is 0 Å². The van der Waals surface area contributed by atoms with E-state index in [0.29, 0.717) is 24.5 Å². The number of rotatable bonds is 14. The van der Waals surface area contributed by atoms with E-state index < -0.39 is 28.8 Å². The lowest BCUT2D eigenvalue weighted by Crippen LogP contribution is -2.27. The second-order valence-corrected chi connectivity index (χ2v) is 9.43. The minimum Gasteiger partial charge on any atom is -0.454 e. The first-order valence-corrected chi connectivity index (χ1v) is 13.3. The predicted octanol–water partition coefficient (Wildman–Crippen LogP) is 4.60. The molecule has 0 spiro atoms. The molecule has 2 N–H and O–H groups in total. The third-order valence-corrected chi connectivity index (χ3v) is 6.06. The van der Waals surface area contributed by atoms with Crippen molar-refractivity contribution in [2.24, 2.45) is 5.14 Å². The highest BCUT2D eigenvalue weighted by atomic mass is 32.2. The molecular weight excluding hydrogens is 472 g/mol. The summed E-state index contributed by atoms with van der Waals surface area (Å²) in [4.78, 5) is 25.8. The molecule has 0 amide bonds. The van der Waals surface area contributed by atoms with Crippen LogP contribution in [0.1, 0.15) is 63.2 Å². The third kappa shape index (κ3) is 8.56. The first kappa shape index (κ1) is 28.1. The van der Waals surface area contributed by atoms with Gasteiger partial charge in [0, 0.05) is 19.5 Å². The Kier molecular flexibility index (Phi) is 11.0. The number of para-hydroxylation sites is 1. The fourth-order valence-electron chi connectivity index (χ4n) is 3.25. The van der Waals surface area contributed by atoms with Gasteiger partial charge in [0.05, 0.1) is 11.3 Å². The maximum Gasteiger partial charge on any atom is 0.341 e. The summed E-state index contributed by atoms with van der Waals surface area (Å²) in [6.45, 7) is 6.39. The van der Waals surface area contributed by atoms with E-state index in [2.05, 4.69) is 13.8 Å². The molecule has 0 aromatic heterocycles. The largest absolute Gasteiger partial charge is 0.454 e. The van der Waals surface area contributed by atoms with Crippen LogP contribution in [-0.4, -0.2) is 40.2 Å². The van der Waals surface area contributed by atoms with E-state index in [1.54, 1.807) is 31.2 Å². The maximum atomic E-state index is 12.8. The summed E-state index contributed by atoms with van der Waals surface area (Å²) in [5.41, 5.74) is 0.370. The van der Waals surface area contributed by atoms with Crippen molar-refractivity contribution in [3.05, 3.63) is 48.0 Å². The topological polar surface area (TPSA) is 125 Å². The van der Waals surface area contributed by atoms with Crippen LogP contribution in [0.4, 0.5) is 5.69 Å². The molecule has 0 heterocycles. The van der Waals surface area contributed by atoms with Gasteiger partial charge in [0.25, 0.3) is 0 Å². The first-order chi connectivity index (χ1) is 16.7. The van der Waals surface area contributed by atoms with Crippen molar-refractivity contribution in [3.63, 3.8) is 0 Å². The molecule has 192 valence electrons. The predicted molar refractivity (Wildman–Crippen MR) is 133 cm³/mol. The van der Waals surface area contributed by atoms with Gasteiger partial charge in [-0.05, 0) is 37.1 Å². The summed E-state index contributed by atoms with van der Waals surface area (Å²) in [5, 5.41) is 5.56. The zero-order chi connectivity index (χ0) is 25.8. The monoisotopic (exact) mass is 506 g/mol. The number of benzene rings is 2. The molecule has 0 aliphatic heterocycles. The van der Waals surface area contributed by atoms with E-state index in [0.717, 1.165) is 31.7 Å².